The number of aliphatic hydroxyl groups excluding tert-OH is 1. The minimum Gasteiger partial charge on any atom is -0.483 e. The van der Waals surface area contributed by atoms with E-state index in [0.717, 1.165) is 0 Å². The standard InChI is InChI=1S/C10H16N4O2.C6H4N2O2.C4H12N2.ClH/c1-10(2,3)14-8(11)7(12-4)9(13-14)16-6-5-15;1-7-5(8-2)6-9-3-4-10-6;1-4(2,3)6-5;/h15H,5-6,11H2,1-3H3;3-4H2;6H,5H2,1-3H3;1H. The normalized spacial score (nSPS) is 12.0. The molecule has 2 heterocycles. The monoisotopic (exact) mass is 484 g/mol. The Bertz CT molecular complexity index is 872. The SMILES string of the molecule is CC(C)(C)NN.Cl.[C-]#[N+]C([N+]#[C-])=C1OCCO1.[C-]#[N+]c1c(OCCO)nn(C(C)(C)C)c1N. The Balaban J connectivity index is 0. The lowest BCUT2D eigenvalue weighted by Crippen LogP contribution is -2.41. The highest BCUT2D eigenvalue weighted by Gasteiger charge is 2.24. The zero-order valence-electron chi connectivity index (χ0n) is 19.8. The first kappa shape index (κ1) is 32.0. The van der Waals surface area contributed by atoms with Gasteiger partial charge in [-0.15, -0.1) is 27.2 Å². The van der Waals surface area contributed by atoms with E-state index in [-0.39, 0.29) is 65.9 Å². The van der Waals surface area contributed by atoms with Crippen molar-refractivity contribution in [3.63, 3.8) is 0 Å². The van der Waals surface area contributed by atoms with Crippen molar-refractivity contribution in [2.75, 3.05) is 32.2 Å². The number of nitrogens with two attached hydrogens (primary N) is 2. The molecule has 1 aliphatic rings. The van der Waals surface area contributed by atoms with Gasteiger partial charge in [-0.05, 0) is 41.5 Å². The van der Waals surface area contributed by atoms with Gasteiger partial charge in [-0.3, -0.25) is 16.0 Å². The quantitative estimate of drug-likeness (QED) is 0.291. The molecule has 33 heavy (non-hydrogen) atoms. The minimum atomic E-state index is -0.315. The number of nitrogen functional groups attached to an aromatic ring is 1. The van der Waals surface area contributed by atoms with Crippen LogP contribution in [0.15, 0.2) is 11.8 Å². The van der Waals surface area contributed by atoms with Gasteiger partial charge >= 0.3 is 11.8 Å². The predicted octanol–water partition coefficient (Wildman–Crippen LogP) is 2.81. The largest absolute Gasteiger partial charge is 0.599 e. The van der Waals surface area contributed by atoms with E-state index < -0.39 is 0 Å². The summed E-state index contributed by atoms with van der Waals surface area (Å²) in [6.45, 7) is 32.7. The first-order chi connectivity index (χ1) is 14.9. The van der Waals surface area contributed by atoms with Crippen molar-refractivity contribution in [3.05, 3.63) is 46.0 Å². The summed E-state index contributed by atoms with van der Waals surface area (Å²) in [5.74, 6) is 5.47. The number of rotatable bonds is 3. The van der Waals surface area contributed by atoms with Crippen LogP contribution < -0.4 is 21.7 Å². The average molecular weight is 485 g/mol. The molecule has 0 atom stereocenters. The fraction of sp³-hybridized carbons (Fsp3) is 0.600. The molecular weight excluding hydrogens is 452 g/mol. The third-order valence-electron chi connectivity index (χ3n) is 3.32. The average Bonchev–Trinajstić information content (AvgIpc) is 3.35. The molecule has 0 bridgehead atoms. The Hall–Kier alpha value is -3.21. The summed E-state index contributed by atoms with van der Waals surface area (Å²) in [6.07, 6.45) is 0. The van der Waals surface area contributed by atoms with Crippen molar-refractivity contribution in [3.8, 4) is 5.88 Å². The number of ether oxygens (including phenoxy) is 3. The Morgan fingerprint density at radius 2 is 1.64 bits per heavy atom. The first-order valence-corrected chi connectivity index (χ1v) is 9.58. The molecule has 1 saturated heterocycles. The van der Waals surface area contributed by atoms with Crippen LogP contribution in [0.5, 0.6) is 5.88 Å². The van der Waals surface area contributed by atoms with Crippen LogP contribution in [0, 0.1) is 19.7 Å². The Labute approximate surface area is 201 Å². The Morgan fingerprint density at radius 3 is 1.97 bits per heavy atom. The van der Waals surface area contributed by atoms with Crippen LogP contribution in [-0.4, -0.2) is 46.9 Å². The van der Waals surface area contributed by atoms with Gasteiger partial charge in [-0.25, -0.2) is 4.85 Å². The molecule has 0 saturated carbocycles. The van der Waals surface area contributed by atoms with E-state index in [1.54, 1.807) is 4.68 Å². The van der Waals surface area contributed by atoms with Crippen molar-refractivity contribution >= 4 is 23.9 Å². The number of hydrazine groups is 1. The predicted molar refractivity (Wildman–Crippen MR) is 127 cm³/mol. The van der Waals surface area contributed by atoms with Crippen LogP contribution in [-0.2, 0) is 15.0 Å². The highest BCUT2D eigenvalue weighted by Crippen LogP contribution is 2.36. The van der Waals surface area contributed by atoms with E-state index in [0.29, 0.717) is 13.2 Å². The van der Waals surface area contributed by atoms with Gasteiger partial charge in [0.25, 0.3) is 5.69 Å². The van der Waals surface area contributed by atoms with Crippen molar-refractivity contribution in [1.82, 2.24) is 15.2 Å². The molecule has 1 aromatic rings. The molecule has 1 fully saturated rings. The number of nitrogens with zero attached hydrogens (tertiary/aromatic N) is 5. The van der Waals surface area contributed by atoms with E-state index in [1.807, 2.05) is 41.5 Å². The molecular formula is C20H33ClN8O4. The van der Waals surface area contributed by atoms with Gasteiger partial charge in [-0.2, -0.15) is 0 Å². The van der Waals surface area contributed by atoms with Crippen LogP contribution in [0.1, 0.15) is 41.5 Å². The summed E-state index contributed by atoms with van der Waals surface area (Å²) < 4.78 is 16.4. The molecule has 0 aliphatic carbocycles. The molecule has 184 valence electrons. The zero-order valence-corrected chi connectivity index (χ0v) is 20.6. The lowest BCUT2D eigenvalue weighted by atomic mass is 10.1. The molecule has 0 radical (unpaired) electrons. The van der Waals surface area contributed by atoms with E-state index in [4.69, 9.17) is 50.6 Å². The zero-order chi connectivity index (χ0) is 24.9. The molecule has 0 unspecified atom stereocenters. The second-order valence-electron chi connectivity index (χ2n) is 8.23. The molecule has 12 nitrogen and oxygen atoms in total. The summed E-state index contributed by atoms with van der Waals surface area (Å²) in [6, 6.07) is 0. The smallest absolute Gasteiger partial charge is 0.483 e. The number of hydrogen-bond donors (Lipinski definition) is 4. The molecule has 6 N–H and O–H groups in total. The van der Waals surface area contributed by atoms with Crippen molar-refractivity contribution in [2.45, 2.75) is 52.6 Å². The number of anilines is 1. The lowest BCUT2D eigenvalue weighted by molar-refractivity contribution is 0.173. The van der Waals surface area contributed by atoms with Gasteiger partial charge in [-0.1, -0.05) is 0 Å². The van der Waals surface area contributed by atoms with Gasteiger partial charge < -0.3 is 25.1 Å². The maximum atomic E-state index is 8.66. The second kappa shape index (κ2) is 14.8. The number of aliphatic hydroxyl groups is 1. The summed E-state index contributed by atoms with van der Waals surface area (Å²) >= 11 is 0. The summed E-state index contributed by atoms with van der Waals surface area (Å²) in [4.78, 5) is 9.12. The Morgan fingerprint density at radius 1 is 1.15 bits per heavy atom. The number of halogens is 1. The minimum absolute atomic E-state index is 0. The molecule has 0 amide bonds. The number of nitrogens with one attached hydrogen (secondary N) is 1. The van der Waals surface area contributed by atoms with E-state index in [9.17, 15) is 0 Å². The third-order valence-corrected chi connectivity index (χ3v) is 3.32. The topological polar surface area (TPSA) is 143 Å². The van der Waals surface area contributed by atoms with Gasteiger partial charge in [0, 0.05) is 5.54 Å². The highest BCUT2D eigenvalue weighted by molar-refractivity contribution is 5.85. The summed E-state index contributed by atoms with van der Waals surface area (Å²) in [7, 11) is 0. The maximum absolute atomic E-state index is 8.66. The van der Waals surface area contributed by atoms with E-state index in [2.05, 4.69) is 25.1 Å². The molecule has 2 rings (SSSR count). The fourth-order valence-corrected chi connectivity index (χ4v) is 1.81. The van der Waals surface area contributed by atoms with Crippen LogP contribution in [0.4, 0.5) is 11.5 Å². The number of aromatic nitrogens is 2. The van der Waals surface area contributed by atoms with Crippen molar-refractivity contribution < 1.29 is 19.3 Å². The molecule has 1 aliphatic heterocycles. The lowest BCUT2D eigenvalue weighted by Gasteiger charge is -2.20. The first-order valence-electron chi connectivity index (χ1n) is 9.58. The highest BCUT2D eigenvalue weighted by atomic mass is 35.5. The number of hydrogen-bond acceptors (Lipinski definition) is 8. The van der Waals surface area contributed by atoms with Crippen molar-refractivity contribution in [1.29, 1.82) is 0 Å². The van der Waals surface area contributed by atoms with Gasteiger partial charge in [0.2, 0.25) is 5.88 Å². The van der Waals surface area contributed by atoms with Gasteiger partial charge in [0.05, 0.1) is 18.7 Å². The molecule has 0 spiro atoms. The molecule has 0 aromatic carbocycles. The fourth-order valence-electron chi connectivity index (χ4n) is 1.81. The van der Waals surface area contributed by atoms with Gasteiger partial charge in [0.1, 0.15) is 38.8 Å². The van der Waals surface area contributed by atoms with E-state index in [1.165, 1.54) is 0 Å². The van der Waals surface area contributed by atoms with Crippen molar-refractivity contribution in [2.24, 2.45) is 5.84 Å². The maximum Gasteiger partial charge on any atom is 0.599 e. The molecule has 1 aromatic heterocycles. The summed E-state index contributed by atoms with van der Waals surface area (Å²) in [5.41, 5.74) is 8.37. The molecule has 13 heteroatoms. The van der Waals surface area contributed by atoms with Crippen LogP contribution in [0.3, 0.4) is 0 Å². The van der Waals surface area contributed by atoms with Crippen LogP contribution >= 0.6 is 12.4 Å². The third kappa shape index (κ3) is 11.3. The van der Waals surface area contributed by atoms with E-state index >= 15 is 0 Å². The summed E-state index contributed by atoms with van der Waals surface area (Å²) in [5, 5.41) is 12.8. The van der Waals surface area contributed by atoms with Crippen LogP contribution in [0.25, 0.3) is 14.5 Å². The Kier molecular flexibility index (Phi) is 14.3. The van der Waals surface area contributed by atoms with Crippen LogP contribution in [0.2, 0.25) is 0 Å². The van der Waals surface area contributed by atoms with Gasteiger partial charge in [0.15, 0.2) is 0 Å². The second-order valence-corrected chi connectivity index (χ2v) is 8.23.